The van der Waals surface area contributed by atoms with Crippen LogP contribution in [-0.2, 0) is 4.79 Å². The predicted octanol–water partition coefficient (Wildman–Crippen LogP) is 3.78. The van der Waals surface area contributed by atoms with Gasteiger partial charge in [0, 0.05) is 0 Å². The van der Waals surface area contributed by atoms with Gasteiger partial charge in [0.05, 0.1) is 11.4 Å². The lowest BCUT2D eigenvalue weighted by molar-refractivity contribution is -0.118. The highest BCUT2D eigenvalue weighted by Gasteiger charge is 2.09. The number of para-hydroxylation sites is 2. The van der Waals surface area contributed by atoms with E-state index in [9.17, 15) is 4.79 Å². The number of aryl methyl sites for hydroxylation is 1. The summed E-state index contributed by atoms with van der Waals surface area (Å²) in [6.07, 6.45) is 1.50. The number of carbonyl (C=O) groups excluding carboxylic acids is 1. The van der Waals surface area contributed by atoms with Crippen LogP contribution in [-0.4, -0.2) is 32.7 Å². The fourth-order valence-corrected chi connectivity index (χ4v) is 2.70. The van der Waals surface area contributed by atoms with Gasteiger partial charge in [0.1, 0.15) is 17.8 Å². The first-order valence-corrected chi connectivity index (χ1v) is 9.27. The summed E-state index contributed by atoms with van der Waals surface area (Å²) >= 11 is 0. The maximum absolute atomic E-state index is 12.4. The third-order valence-electron chi connectivity index (χ3n) is 4.23. The summed E-state index contributed by atoms with van der Waals surface area (Å²) in [5.74, 6) is 1.52. The van der Waals surface area contributed by atoms with Gasteiger partial charge in [-0.2, -0.15) is 0 Å². The first-order valence-electron chi connectivity index (χ1n) is 9.27. The van der Waals surface area contributed by atoms with Crippen LogP contribution in [0.2, 0.25) is 0 Å². The lowest BCUT2D eigenvalue weighted by Crippen LogP contribution is -2.20. The normalized spacial score (nSPS) is 10.4. The van der Waals surface area contributed by atoms with Crippen LogP contribution in [0, 0.1) is 6.92 Å². The van der Waals surface area contributed by atoms with Gasteiger partial charge in [-0.15, -0.1) is 5.10 Å². The maximum atomic E-state index is 12.4. The number of benzene rings is 3. The zero-order valence-electron chi connectivity index (χ0n) is 16.2. The molecule has 0 atom stereocenters. The molecule has 0 spiro atoms. The summed E-state index contributed by atoms with van der Waals surface area (Å²) < 4.78 is 13.0. The van der Waals surface area contributed by atoms with Crippen molar-refractivity contribution in [2.24, 2.45) is 0 Å². The van der Waals surface area contributed by atoms with E-state index in [-0.39, 0.29) is 12.5 Å². The molecule has 3 aromatic carbocycles. The van der Waals surface area contributed by atoms with Gasteiger partial charge in [0.25, 0.3) is 5.91 Å². The molecule has 8 nitrogen and oxygen atoms in total. The summed E-state index contributed by atoms with van der Waals surface area (Å²) in [7, 11) is 0. The molecule has 4 rings (SSSR count). The zero-order chi connectivity index (χ0) is 20.8. The highest BCUT2D eigenvalue weighted by atomic mass is 16.5. The van der Waals surface area contributed by atoms with Gasteiger partial charge in [-0.05, 0) is 65.9 Å². The van der Waals surface area contributed by atoms with Crippen LogP contribution in [0.4, 0.5) is 5.69 Å². The quantitative estimate of drug-likeness (QED) is 0.507. The van der Waals surface area contributed by atoms with E-state index in [1.54, 1.807) is 36.4 Å². The van der Waals surface area contributed by atoms with Crippen molar-refractivity contribution < 1.29 is 14.3 Å². The largest absolute Gasteiger partial charge is 0.484 e. The van der Waals surface area contributed by atoms with Crippen molar-refractivity contribution in [3.63, 3.8) is 0 Å². The number of nitrogens with zero attached hydrogens (tertiary/aromatic N) is 4. The summed E-state index contributed by atoms with van der Waals surface area (Å²) in [6, 6.07) is 22.1. The van der Waals surface area contributed by atoms with Crippen LogP contribution in [0.15, 0.2) is 79.1 Å². The first kappa shape index (κ1) is 19.1. The Kier molecular flexibility index (Phi) is 5.66. The molecule has 0 aliphatic rings. The first-order chi connectivity index (χ1) is 14.7. The molecule has 0 fully saturated rings. The van der Waals surface area contributed by atoms with Crippen LogP contribution in [0.3, 0.4) is 0 Å². The van der Waals surface area contributed by atoms with Crippen molar-refractivity contribution >= 4 is 11.6 Å². The van der Waals surface area contributed by atoms with Crippen LogP contribution >= 0.6 is 0 Å². The minimum absolute atomic E-state index is 0.136. The van der Waals surface area contributed by atoms with E-state index >= 15 is 0 Å². The van der Waals surface area contributed by atoms with E-state index < -0.39 is 0 Å². The molecular weight excluding hydrogens is 382 g/mol. The van der Waals surface area contributed by atoms with E-state index in [0.29, 0.717) is 22.9 Å². The Bertz CT molecular complexity index is 1110. The Morgan fingerprint density at radius 3 is 2.43 bits per heavy atom. The minimum atomic E-state index is -0.292. The Morgan fingerprint density at radius 1 is 0.967 bits per heavy atom. The average molecular weight is 401 g/mol. The highest BCUT2D eigenvalue weighted by Crippen LogP contribution is 2.29. The lowest BCUT2D eigenvalue weighted by Gasteiger charge is -2.13. The van der Waals surface area contributed by atoms with Crippen molar-refractivity contribution in [3.8, 4) is 22.9 Å². The van der Waals surface area contributed by atoms with Crippen molar-refractivity contribution in [3.05, 3.63) is 84.7 Å². The van der Waals surface area contributed by atoms with Crippen LogP contribution in [0.1, 0.15) is 5.56 Å². The Hall–Kier alpha value is -4.20. The van der Waals surface area contributed by atoms with E-state index in [1.165, 1.54) is 11.0 Å². The SMILES string of the molecule is Cc1ccc(Oc2ccccc2NC(=O)COc2ccc(-n3cnnn3)cc2)cc1. The molecule has 0 radical (unpaired) electrons. The zero-order valence-corrected chi connectivity index (χ0v) is 16.2. The van der Waals surface area contributed by atoms with E-state index in [4.69, 9.17) is 9.47 Å². The van der Waals surface area contributed by atoms with E-state index in [1.807, 2.05) is 43.3 Å². The number of aromatic nitrogens is 4. The molecule has 1 N–H and O–H groups in total. The van der Waals surface area contributed by atoms with Gasteiger partial charge >= 0.3 is 0 Å². The second kappa shape index (κ2) is 8.87. The number of hydrogen-bond acceptors (Lipinski definition) is 6. The number of nitrogens with one attached hydrogen (secondary N) is 1. The molecule has 0 aliphatic carbocycles. The van der Waals surface area contributed by atoms with Crippen LogP contribution in [0.25, 0.3) is 5.69 Å². The van der Waals surface area contributed by atoms with Gasteiger partial charge in [-0.1, -0.05) is 29.8 Å². The number of rotatable bonds is 7. The lowest BCUT2D eigenvalue weighted by atomic mass is 10.2. The fraction of sp³-hybridized carbons (Fsp3) is 0.0909. The molecule has 0 bridgehead atoms. The molecule has 4 aromatic rings. The van der Waals surface area contributed by atoms with Crippen molar-refractivity contribution in [1.29, 1.82) is 0 Å². The number of ether oxygens (including phenoxy) is 2. The average Bonchev–Trinajstić information content (AvgIpc) is 3.31. The summed E-state index contributed by atoms with van der Waals surface area (Å²) in [5, 5.41) is 13.8. The topological polar surface area (TPSA) is 91.2 Å². The summed E-state index contributed by atoms with van der Waals surface area (Å²) in [6.45, 7) is 1.88. The third-order valence-corrected chi connectivity index (χ3v) is 4.23. The maximum Gasteiger partial charge on any atom is 0.262 e. The van der Waals surface area contributed by atoms with Crippen molar-refractivity contribution in [2.45, 2.75) is 6.92 Å². The molecule has 0 saturated heterocycles. The Morgan fingerprint density at radius 2 is 1.70 bits per heavy atom. The molecule has 0 unspecified atom stereocenters. The smallest absolute Gasteiger partial charge is 0.262 e. The molecule has 1 amide bonds. The Balaban J connectivity index is 1.35. The predicted molar refractivity (Wildman–Crippen MR) is 111 cm³/mol. The molecule has 0 aliphatic heterocycles. The van der Waals surface area contributed by atoms with E-state index in [2.05, 4.69) is 20.8 Å². The third kappa shape index (κ3) is 4.79. The molecular formula is C22H19N5O3. The molecule has 1 aromatic heterocycles. The summed E-state index contributed by atoms with van der Waals surface area (Å²) in [4.78, 5) is 12.4. The van der Waals surface area contributed by atoms with Crippen LogP contribution in [0.5, 0.6) is 17.2 Å². The molecule has 150 valence electrons. The minimum Gasteiger partial charge on any atom is -0.484 e. The number of tetrazole rings is 1. The van der Waals surface area contributed by atoms with Gasteiger partial charge in [0.15, 0.2) is 12.4 Å². The number of hydrogen-bond donors (Lipinski definition) is 1. The second-order valence-electron chi connectivity index (χ2n) is 6.50. The highest BCUT2D eigenvalue weighted by molar-refractivity contribution is 5.93. The molecule has 0 saturated carbocycles. The van der Waals surface area contributed by atoms with Crippen molar-refractivity contribution in [1.82, 2.24) is 20.2 Å². The number of anilines is 1. The van der Waals surface area contributed by atoms with Gasteiger partial charge < -0.3 is 14.8 Å². The van der Waals surface area contributed by atoms with Gasteiger partial charge in [-0.3, -0.25) is 4.79 Å². The number of carbonyl (C=O) groups is 1. The van der Waals surface area contributed by atoms with Gasteiger partial charge in [-0.25, -0.2) is 4.68 Å². The van der Waals surface area contributed by atoms with Crippen LogP contribution < -0.4 is 14.8 Å². The molecule has 1 heterocycles. The van der Waals surface area contributed by atoms with Gasteiger partial charge in [0.2, 0.25) is 0 Å². The standard InChI is InChI=1S/C22H19N5O3/c1-16-6-10-19(11-7-16)30-21-5-3-2-4-20(21)24-22(28)14-29-18-12-8-17(9-13-18)27-15-23-25-26-27/h2-13,15H,14H2,1H3,(H,24,28). The Labute approximate surface area is 173 Å². The summed E-state index contributed by atoms with van der Waals surface area (Å²) in [5.41, 5.74) is 2.51. The van der Waals surface area contributed by atoms with Crippen molar-refractivity contribution in [2.75, 3.05) is 11.9 Å². The number of amides is 1. The second-order valence-corrected chi connectivity index (χ2v) is 6.50. The molecule has 30 heavy (non-hydrogen) atoms. The molecule has 8 heteroatoms. The monoisotopic (exact) mass is 401 g/mol. The van der Waals surface area contributed by atoms with E-state index in [0.717, 1.165) is 11.3 Å². The fourth-order valence-electron chi connectivity index (χ4n) is 2.70.